The van der Waals surface area contributed by atoms with Gasteiger partial charge in [-0.25, -0.2) is 0 Å². The van der Waals surface area contributed by atoms with Crippen molar-refractivity contribution >= 4 is 23.2 Å². The maximum Gasteiger partial charge on any atom is 0.198 e. The normalized spacial score (nSPS) is 11.9. The second kappa shape index (κ2) is 6.90. The number of halogens is 1. The van der Waals surface area contributed by atoms with E-state index >= 15 is 0 Å². The van der Waals surface area contributed by atoms with Gasteiger partial charge in [0.2, 0.25) is 0 Å². The van der Waals surface area contributed by atoms with E-state index < -0.39 is 11.6 Å². The van der Waals surface area contributed by atoms with Gasteiger partial charge in [-0.05, 0) is 36.4 Å². The van der Waals surface area contributed by atoms with Crippen LogP contribution in [0.5, 0.6) is 17.2 Å². The average molecular weight is 369 g/mol. The van der Waals surface area contributed by atoms with E-state index in [2.05, 4.69) is 0 Å². The summed E-state index contributed by atoms with van der Waals surface area (Å²) in [6, 6.07) is 15.1. The van der Waals surface area contributed by atoms with E-state index in [1.165, 1.54) is 24.3 Å². The quantitative estimate of drug-likeness (QED) is 0.409. The van der Waals surface area contributed by atoms with Crippen LogP contribution in [0, 0.1) is 0 Å². The summed E-state index contributed by atoms with van der Waals surface area (Å²) < 4.78 is 0. The van der Waals surface area contributed by atoms with Gasteiger partial charge in [0.15, 0.2) is 11.6 Å². The van der Waals surface area contributed by atoms with Gasteiger partial charge in [-0.2, -0.15) is 0 Å². The van der Waals surface area contributed by atoms with Crippen molar-refractivity contribution in [2.75, 3.05) is 0 Å². The molecule has 3 N–H and O–H groups in total. The molecule has 0 saturated carbocycles. The van der Waals surface area contributed by atoms with Crippen LogP contribution in [0.1, 0.15) is 31.8 Å². The second-order valence-corrected chi connectivity index (χ2v) is 5.97. The lowest BCUT2D eigenvalue weighted by atomic mass is 9.83. The molecule has 6 heteroatoms. The summed E-state index contributed by atoms with van der Waals surface area (Å²) in [5.41, 5.74) is 0.240. The first-order valence-corrected chi connectivity index (χ1v) is 7.96. The highest BCUT2D eigenvalue weighted by Crippen LogP contribution is 2.37. The van der Waals surface area contributed by atoms with Crippen LogP contribution in [0.15, 0.2) is 60.7 Å². The fraction of sp³-hybridized carbons (Fsp3) is 0. The molecule has 0 unspecified atom stereocenters. The lowest BCUT2D eigenvalue weighted by molar-refractivity contribution is 0.0974. The number of phenolic OH excluding ortho intramolecular Hbond substituents is 3. The maximum atomic E-state index is 12.2. The van der Waals surface area contributed by atoms with Gasteiger partial charge in [-0.15, -0.1) is 0 Å². The minimum Gasteiger partial charge on any atom is -0.508 e. The minimum absolute atomic E-state index is 0.126. The Balaban J connectivity index is 0.000000206. The Morgan fingerprint density at radius 1 is 0.615 bits per heavy atom. The zero-order valence-corrected chi connectivity index (χ0v) is 14.1. The number of ketones is 2. The van der Waals surface area contributed by atoms with Gasteiger partial charge in [0.05, 0.1) is 11.1 Å². The molecule has 0 saturated heterocycles. The predicted molar refractivity (Wildman–Crippen MR) is 96.2 cm³/mol. The Bertz CT molecular complexity index is 928. The van der Waals surface area contributed by atoms with Crippen LogP contribution in [-0.2, 0) is 0 Å². The van der Waals surface area contributed by atoms with Crippen LogP contribution in [0.2, 0.25) is 5.02 Å². The summed E-state index contributed by atoms with van der Waals surface area (Å²) in [5, 5.41) is 28.8. The highest BCUT2D eigenvalue weighted by molar-refractivity contribution is 6.30. The lowest BCUT2D eigenvalue weighted by Gasteiger charge is -2.18. The van der Waals surface area contributed by atoms with Crippen molar-refractivity contribution in [3.63, 3.8) is 0 Å². The van der Waals surface area contributed by atoms with E-state index in [0.29, 0.717) is 5.02 Å². The molecule has 130 valence electrons. The number of hydrogen-bond acceptors (Lipinski definition) is 5. The summed E-state index contributed by atoms with van der Waals surface area (Å²) in [7, 11) is 0. The SMILES string of the molecule is O=C1c2ccccc2C(=O)c2c(O)ccc(O)c21.Oc1ccc(Cl)cc1. The molecule has 0 atom stereocenters. The molecule has 0 radical (unpaired) electrons. The number of carbonyl (C=O) groups is 2. The van der Waals surface area contributed by atoms with Crippen molar-refractivity contribution in [3.05, 3.63) is 87.9 Å². The molecule has 1 aliphatic carbocycles. The topological polar surface area (TPSA) is 94.8 Å². The highest BCUT2D eigenvalue weighted by Gasteiger charge is 2.33. The Kier molecular flexibility index (Phi) is 4.65. The summed E-state index contributed by atoms with van der Waals surface area (Å²) in [6.07, 6.45) is 0. The third-order valence-electron chi connectivity index (χ3n) is 3.86. The van der Waals surface area contributed by atoms with E-state index in [9.17, 15) is 19.8 Å². The summed E-state index contributed by atoms with van der Waals surface area (Å²) in [4.78, 5) is 24.4. The van der Waals surface area contributed by atoms with Gasteiger partial charge in [-0.3, -0.25) is 9.59 Å². The Hall–Kier alpha value is -3.31. The molecule has 3 aromatic carbocycles. The molecule has 4 rings (SSSR count). The summed E-state index contributed by atoms with van der Waals surface area (Å²) in [5.74, 6) is -1.25. The van der Waals surface area contributed by atoms with Crippen molar-refractivity contribution in [2.24, 2.45) is 0 Å². The number of hydrogen-bond donors (Lipinski definition) is 3. The molecule has 26 heavy (non-hydrogen) atoms. The first-order chi connectivity index (χ1) is 12.4. The van der Waals surface area contributed by atoms with E-state index in [1.54, 1.807) is 36.4 Å². The van der Waals surface area contributed by atoms with E-state index in [-0.39, 0.29) is 39.5 Å². The van der Waals surface area contributed by atoms with Crippen molar-refractivity contribution < 1.29 is 24.9 Å². The van der Waals surface area contributed by atoms with Crippen LogP contribution in [-0.4, -0.2) is 26.9 Å². The van der Waals surface area contributed by atoms with E-state index in [4.69, 9.17) is 16.7 Å². The molecule has 5 nitrogen and oxygen atoms in total. The third-order valence-corrected chi connectivity index (χ3v) is 4.11. The van der Waals surface area contributed by atoms with Crippen LogP contribution in [0.3, 0.4) is 0 Å². The van der Waals surface area contributed by atoms with Crippen molar-refractivity contribution in [3.8, 4) is 17.2 Å². The van der Waals surface area contributed by atoms with Crippen molar-refractivity contribution in [1.29, 1.82) is 0 Å². The Morgan fingerprint density at radius 2 is 1.04 bits per heavy atom. The second-order valence-electron chi connectivity index (χ2n) is 5.53. The largest absolute Gasteiger partial charge is 0.508 e. The fourth-order valence-corrected chi connectivity index (χ4v) is 2.76. The predicted octanol–water partition coefficient (Wildman–Crippen LogP) is 3.92. The number of phenols is 3. The molecule has 0 heterocycles. The van der Waals surface area contributed by atoms with E-state index in [0.717, 1.165) is 0 Å². The van der Waals surface area contributed by atoms with Crippen molar-refractivity contribution in [2.45, 2.75) is 0 Å². The fourth-order valence-electron chi connectivity index (χ4n) is 2.63. The first kappa shape index (κ1) is 17.5. The van der Waals surface area contributed by atoms with Crippen LogP contribution >= 0.6 is 11.6 Å². The molecule has 0 aromatic heterocycles. The Morgan fingerprint density at radius 3 is 1.42 bits per heavy atom. The molecule has 0 fully saturated rings. The van der Waals surface area contributed by atoms with Crippen LogP contribution in [0.25, 0.3) is 0 Å². The molecule has 0 spiro atoms. The molecule has 0 bridgehead atoms. The zero-order valence-electron chi connectivity index (χ0n) is 13.3. The summed E-state index contributed by atoms with van der Waals surface area (Å²) >= 11 is 5.50. The number of aromatic hydroxyl groups is 3. The van der Waals surface area contributed by atoms with Gasteiger partial charge >= 0.3 is 0 Å². The molecule has 1 aliphatic rings. The van der Waals surface area contributed by atoms with Crippen LogP contribution < -0.4 is 0 Å². The van der Waals surface area contributed by atoms with Gasteiger partial charge < -0.3 is 15.3 Å². The lowest BCUT2D eigenvalue weighted by Crippen LogP contribution is -2.20. The molecule has 0 amide bonds. The number of rotatable bonds is 0. The van der Waals surface area contributed by atoms with Gasteiger partial charge in [0.25, 0.3) is 0 Å². The van der Waals surface area contributed by atoms with E-state index in [1.807, 2.05) is 0 Å². The van der Waals surface area contributed by atoms with Crippen LogP contribution in [0.4, 0.5) is 0 Å². The average Bonchev–Trinajstić information content (AvgIpc) is 2.64. The highest BCUT2D eigenvalue weighted by atomic mass is 35.5. The minimum atomic E-state index is -0.450. The number of benzene rings is 3. The standard InChI is InChI=1S/C14H8O4.C6H5ClO/c15-9-5-6-10(16)12-11(9)13(17)7-3-1-2-4-8(7)14(12)18;7-5-1-3-6(8)4-2-5/h1-6,15-16H;1-4,8H. The van der Waals surface area contributed by atoms with Crippen molar-refractivity contribution in [1.82, 2.24) is 0 Å². The van der Waals surface area contributed by atoms with Gasteiger partial charge in [-0.1, -0.05) is 35.9 Å². The molecular weight excluding hydrogens is 356 g/mol. The first-order valence-electron chi connectivity index (χ1n) is 7.58. The monoisotopic (exact) mass is 368 g/mol. The number of fused-ring (bicyclic) bond motifs is 2. The molecule has 0 aliphatic heterocycles. The molecule has 3 aromatic rings. The van der Waals surface area contributed by atoms with Gasteiger partial charge in [0.1, 0.15) is 17.2 Å². The van der Waals surface area contributed by atoms with Gasteiger partial charge in [0, 0.05) is 16.1 Å². The third kappa shape index (κ3) is 3.12. The zero-order chi connectivity index (χ0) is 18.8. The maximum absolute atomic E-state index is 12.2. The summed E-state index contributed by atoms with van der Waals surface area (Å²) in [6.45, 7) is 0. The molecular formula is C20H13ClO5. The smallest absolute Gasteiger partial charge is 0.198 e. The number of carbonyl (C=O) groups excluding carboxylic acids is 2. The Labute approximate surface area is 153 Å².